The average molecular weight is 367 g/mol. The lowest BCUT2D eigenvalue weighted by Crippen LogP contribution is -2.37. The summed E-state index contributed by atoms with van der Waals surface area (Å²) in [6.45, 7) is 1.52. The Bertz CT molecular complexity index is 978. The number of non-ortho nitro benzene ring substituents is 1. The van der Waals surface area contributed by atoms with Gasteiger partial charge in [0.25, 0.3) is 11.6 Å². The third-order valence-electron chi connectivity index (χ3n) is 3.98. The van der Waals surface area contributed by atoms with Crippen LogP contribution in [0, 0.1) is 10.1 Å². The van der Waals surface area contributed by atoms with Gasteiger partial charge in [-0.15, -0.1) is 0 Å². The minimum absolute atomic E-state index is 0.113. The van der Waals surface area contributed by atoms with E-state index in [0.717, 1.165) is 17.0 Å². The molecule has 3 rings (SSSR count). The largest absolute Gasteiger partial charge is 0.459 e. The highest BCUT2D eigenvalue weighted by Gasteiger charge is 2.16. The Kier molecular flexibility index (Phi) is 5.16. The van der Waals surface area contributed by atoms with Crippen molar-refractivity contribution >= 4 is 28.5 Å². The number of carbonyl (C=O) groups is 2. The number of nitro benzene ring substituents is 1. The van der Waals surface area contributed by atoms with Crippen LogP contribution >= 0.6 is 0 Å². The molecule has 138 valence electrons. The lowest BCUT2D eigenvalue weighted by Gasteiger charge is -2.12. The van der Waals surface area contributed by atoms with E-state index in [1.54, 1.807) is 6.92 Å². The van der Waals surface area contributed by atoms with Crippen molar-refractivity contribution in [3.05, 3.63) is 76.0 Å². The first-order valence-electron chi connectivity index (χ1n) is 8.24. The Morgan fingerprint density at radius 2 is 1.93 bits per heavy atom. The monoisotopic (exact) mass is 367 g/mol. The van der Waals surface area contributed by atoms with Gasteiger partial charge in [-0.3, -0.25) is 19.7 Å². The van der Waals surface area contributed by atoms with Crippen LogP contribution in [0.5, 0.6) is 0 Å². The van der Waals surface area contributed by atoms with E-state index in [2.05, 4.69) is 10.6 Å². The second kappa shape index (κ2) is 7.69. The number of nitrogens with one attached hydrogen (secondary N) is 2. The van der Waals surface area contributed by atoms with E-state index in [1.165, 1.54) is 18.2 Å². The summed E-state index contributed by atoms with van der Waals surface area (Å²) >= 11 is 0. The minimum atomic E-state index is -0.585. The van der Waals surface area contributed by atoms with E-state index in [9.17, 15) is 19.7 Å². The van der Waals surface area contributed by atoms with Gasteiger partial charge in [-0.05, 0) is 25.1 Å². The van der Waals surface area contributed by atoms with Crippen LogP contribution in [-0.4, -0.2) is 23.3 Å². The fourth-order valence-electron chi connectivity index (χ4n) is 2.60. The average Bonchev–Trinajstić information content (AvgIpc) is 3.10. The van der Waals surface area contributed by atoms with Crippen molar-refractivity contribution < 1.29 is 18.9 Å². The lowest BCUT2D eigenvalue weighted by molar-refractivity contribution is -0.384. The maximum atomic E-state index is 12.1. The molecule has 0 unspecified atom stereocenters. The molecule has 0 bridgehead atoms. The molecule has 0 fully saturated rings. The molecule has 0 saturated heterocycles. The zero-order valence-corrected chi connectivity index (χ0v) is 14.5. The zero-order valence-electron chi connectivity index (χ0n) is 14.5. The Morgan fingerprint density at radius 3 is 2.67 bits per heavy atom. The second-order valence-corrected chi connectivity index (χ2v) is 5.97. The summed E-state index contributed by atoms with van der Waals surface area (Å²) in [5.74, 6) is -0.360. The minimum Gasteiger partial charge on any atom is -0.459 e. The van der Waals surface area contributed by atoms with Crippen LogP contribution < -0.4 is 10.6 Å². The summed E-state index contributed by atoms with van der Waals surface area (Å²) in [5, 5.41) is 16.9. The van der Waals surface area contributed by atoms with Crippen LogP contribution in [0.3, 0.4) is 0 Å². The van der Waals surface area contributed by atoms with Crippen LogP contribution in [0.1, 0.15) is 29.1 Å². The number of rotatable bonds is 6. The molecule has 27 heavy (non-hydrogen) atoms. The molecule has 2 N–H and O–H groups in total. The molecule has 1 atom stereocenters. The predicted octanol–water partition coefficient (Wildman–Crippen LogP) is 2.95. The van der Waals surface area contributed by atoms with E-state index in [-0.39, 0.29) is 23.8 Å². The van der Waals surface area contributed by atoms with Gasteiger partial charge in [-0.1, -0.05) is 24.3 Å². The van der Waals surface area contributed by atoms with Gasteiger partial charge in [0, 0.05) is 23.1 Å². The van der Waals surface area contributed by atoms with Gasteiger partial charge in [-0.25, -0.2) is 0 Å². The van der Waals surface area contributed by atoms with E-state index >= 15 is 0 Å². The molecular formula is C19H17N3O5. The SMILES string of the molecule is C[C@@H](NC(=O)CNC(=O)c1cccc([N+](=O)[O-])c1)c1cc2ccccc2o1. The Hall–Kier alpha value is -3.68. The van der Waals surface area contributed by atoms with E-state index in [0.29, 0.717) is 5.76 Å². The molecule has 1 heterocycles. The van der Waals surface area contributed by atoms with Crippen molar-refractivity contribution in [3.8, 4) is 0 Å². The highest BCUT2D eigenvalue weighted by atomic mass is 16.6. The second-order valence-electron chi connectivity index (χ2n) is 5.97. The molecule has 8 nitrogen and oxygen atoms in total. The van der Waals surface area contributed by atoms with Crippen LogP contribution in [0.25, 0.3) is 11.0 Å². The highest BCUT2D eigenvalue weighted by molar-refractivity contribution is 5.97. The van der Waals surface area contributed by atoms with Gasteiger partial charge >= 0.3 is 0 Å². The number of para-hydroxylation sites is 1. The Morgan fingerprint density at radius 1 is 1.15 bits per heavy atom. The number of nitrogens with zero attached hydrogens (tertiary/aromatic N) is 1. The molecule has 3 aromatic rings. The zero-order chi connectivity index (χ0) is 19.4. The number of fused-ring (bicyclic) bond motifs is 1. The molecule has 0 aliphatic heterocycles. The summed E-state index contributed by atoms with van der Waals surface area (Å²) in [7, 11) is 0. The molecule has 1 aromatic heterocycles. The maximum absolute atomic E-state index is 12.1. The first-order valence-corrected chi connectivity index (χ1v) is 8.24. The molecule has 0 saturated carbocycles. The number of amides is 2. The normalized spacial score (nSPS) is 11.7. The summed E-state index contributed by atoms with van der Waals surface area (Å²) in [6.07, 6.45) is 0. The van der Waals surface area contributed by atoms with Crippen LogP contribution in [-0.2, 0) is 4.79 Å². The fraction of sp³-hybridized carbons (Fsp3) is 0.158. The van der Waals surface area contributed by atoms with E-state index in [4.69, 9.17) is 4.42 Å². The molecule has 0 spiro atoms. The third-order valence-corrected chi connectivity index (χ3v) is 3.98. The van der Waals surface area contributed by atoms with Gasteiger partial charge in [0.2, 0.25) is 5.91 Å². The summed E-state index contributed by atoms with van der Waals surface area (Å²) in [6, 6.07) is 14.3. The van der Waals surface area contributed by atoms with Crippen molar-refractivity contribution in [2.75, 3.05) is 6.54 Å². The number of furan rings is 1. The molecule has 2 aromatic carbocycles. The summed E-state index contributed by atoms with van der Waals surface area (Å²) < 4.78 is 5.70. The summed E-state index contributed by atoms with van der Waals surface area (Å²) in [5.41, 5.74) is 0.653. The van der Waals surface area contributed by atoms with Gasteiger partial charge < -0.3 is 15.1 Å². The first-order chi connectivity index (χ1) is 12.9. The molecule has 0 aliphatic rings. The quantitative estimate of drug-likeness (QED) is 0.513. The maximum Gasteiger partial charge on any atom is 0.270 e. The molecule has 0 radical (unpaired) electrons. The predicted molar refractivity (Wildman–Crippen MR) is 98.2 cm³/mol. The van der Waals surface area contributed by atoms with Crippen LogP contribution in [0.15, 0.2) is 59.0 Å². The van der Waals surface area contributed by atoms with Crippen molar-refractivity contribution in [1.29, 1.82) is 0 Å². The van der Waals surface area contributed by atoms with Crippen molar-refractivity contribution in [1.82, 2.24) is 10.6 Å². The number of benzene rings is 2. The highest BCUT2D eigenvalue weighted by Crippen LogP contribution is 2.23. The number of carbonyl (C=O) groups excluding carboxylic acids is 2. The third kappa shape index (κ3) is 4.30. The Labute approximate surface area is 154 Å². The van der Waals surface area contributed by atoms with Crippen LogP contribution in [0.4, 0.5) is 5.69 Å². The number of hydrogen-bond donors (Lipinski definition) is 2. The molecule has 0 aliphatic carbocycles. The van der Waals surface area contributed by atoms with Gasteiger partial charge in [0.05, 0.1) is 17.5 Å². The standard InChI is InChI=1S/C19H17N3O5/c1-12(17-10-13-5-2-3-8-16(13)27-17)21-18(23)11-20-19(24)14-6-4-7-15(9-14)22(25)26/h2-10,12H,11H2,1H3,(H,20,24)(H,21,23)/t12-/m1/s1. The number of hydrogen-bond acceptors (Lipinski definition) is 5. The van der Waals surface area contributed by atoms with Gasteiger partial charge in [-0.2, -0.15) is 0 Å². The molecular weight excluding hydrogens is 350 g/mol. The van der Waals surface area contributed by atoms with E-state index < -0.39 is 16.7 Å². The van der Waals surface area contributed by atoms with Gasteiger partial charge in [0.1, 0.15) is 11.3 Å². The first kappa shape index (κ1) is 18.1. The fourth-order valence-corrected chi connectivity index (χ4v) is 2.60. The smallest absolute Gasteiger partial charge is 0.270 e. The topological polar surface area (TPSA) is 114 Å². The van der Waals surface area contributed by atoms with Gasteiger partial charge in [0.15, 0.2) is 0 Å². The molecule has 8 heteroatoms. The van der Waals surface area contributed by atoms with Crippen molar-refractivity contribution in [2.45, 2.75) is 13.0 Å². The Balaban J connectivity index is 1.56. The summed E-state index contributed by atoms with van der Waals surface area (Å²) in [4.78, 5) is 34.3. The van der Waals surface area contributed by atoms with Crippen molar-refractivity contribution in [2.24, 2.45) is 0 Å². The lowest BCUT2D eigenvalue weighted by atomic mass is 10.2. The number of nitro groups is 1. The molecule has 2 amide bonds. The van der Waals surface area contributed by atoms with E-state index in [1.807, 2.05) is 30.3 Å². The van der Waals surface area contributed by atoms with Crippen molar-refractivity contribution in [3.63, 3.8) is 0 Å². The van der Waals surface area contributed by atoms with Crippen LogP contribution in [0.2, 0.25) is 0 Å².